The van der Waals surface area contributed by atoms with Crippen molar-refractivity contribution in [3.05, 3.63) is 29.8 Å². The van der Waals surface area contributed by atoms with Crippen molar-refractivity contribution >= 4 is 29.6 Å². The van der Waals surface area contributed by atoms with E-state index < -0.39 is 35.5 Å². The van der Waals surface area contributed by atoms with Gasteiger partial charge in [0.05, 0.1) is 6.61 Å². The highest BCUT2D eigenvalue weighted by molar-refractivity contribution is 5.97. The molecule has 9 nitrogen and oxygen atoms in total. The number of nitrogens with one attached hydrogen (secondary N) is 3. The number of carbonyl (C=O) groups excluding carboxylic acids is 3. The summed E-state index contributed by atoms with van der Waals surface area (Å²) in [4.78, 5) is 46.4. The lowest BCUT2D eigenvalue weighted by Gasteiger charge is -2.25. The Bertz CT molecular complexity index is 715. The van der Waals surface area contributed by atoms with Gasteiger partial charge in [-0.2, -0.15) is 0 Å². The molecule has 3 amide bonds. The molecule has 28 heavy (non-hydrogen) atoms. The number of carboxylic acids is 1. The lowest BCUT2D eigenvalue weighted by Crippen LogP contribution is -2.45. The highest BCUT2D eigenvalue weighted by atomic mass is 16.5. The molecule has 0 aliphatic carbocycles. The first-order valence-corrected chi connectivity index (χ1v) is 8.92. The van der Waals surface area contributed by atoms with Gasteiger partial charge < -0.3 is 25.8 Å². The molecule has 1 aromatic carbocycles. The Labute approximate surface area is 163 Å². The molecule has 0 heterocycles. The number of benzene rings is 1. The van der Waals surface area contributed by atoms with Gasteiger partial charge in [-0.05, 0) is 58.4 Å². The van der Waals surface area contributed by atoms with Gasteiger partial charge in [0, 0.05) is 23.2 Å². The van der Waals surface area contributed by atoms with Gasteiger partial charge in [0.25, 0.3) is 5.91 Å². The first kappa shape index (κ1) is 22.9. The number of anilines is 1. The zero-order valence-electron chi connectivity index (χ0n) is 16.5. The minimum atomic E-state index is -0.929. The number of aliphatic carboxylic acids is 1. The van der Waals surface area contributed by atoms with Crippen molar-refractivity contribution in [2.45, 2.75) is 52.1 Å². The van der Waals surface area contributed by atoms with Crippen LogP contribution in [-0.2, 0) is 14.3 Å². The number of hydrogen-bond acceptors (Lipinski definition) is 5. The highest BCUT2D eigenvalue weighted by Gasteiger charge is 2.22. The number of urea groups is 1. The van der Waals surface area contributed by atoms with Gasteiger partial charge >= 0.3 is 18.0 Å². The van der Waals surface area contributed by atoms with Crippen molar-refractivity contribution < 1.29 is 29.0 Å². The number of carbonyl (C=O) groups is 4. The molecule has 154 valence electrons. The van der Waals surface area contributed by atoms with Gasteiger partial charge in [0.15, 0.2) is 0 Å². The van der Waals surface area contributed by atoms with Gasteiger partial charge in [-0.3, -0.25) is 9.59 Å². The van der Waals surface area contributed by atoms with E-state index in [2.05, 4.69) is 16.0 Å². The van der Waals surface area contributed by atoms with Gasteiger partial charge in [-0.1, -0.05) is 0 Å². The van der Waals surface area contributed by atoms with Crippen LogP contribution in [0.3, 0.4) is 0 Å². The second-order valence-corrected chi connectivity index (χ2v) is 6.88. The molecule has 0 spiro atoms. The van der Waals surface area contributed by atoms with Crippen LogP contribution in [0.1, 0.15) is 50.9 Å². The van der Waals surface area contributed by atoms with Gasteiger partial charge in [-0.15, -0.1) is 0 Å². The van der Waals surface area contributed by atoms with E-state index in [1.807, 2.05) is 0 Å². The Hall–Kier alpha value is -3.10. The van der Waals surface area contributed by atoms with E-state index in [1.54, 1.807) is 32.9 Å². The second-order valence-electron chi connectivity index (χ2n) is 6.88. The predicted molar refractivity (Wildman–Crippen MR) is 103 cm³/mol. The molecule has 0 saturated carbocycles. The Morgan fingerprint density at radius 2 is 1.75 bits per heavy atom. The average molecular weight is 393 g/mol. The molecular formula is C19H27N3O6. The largest absolute Gasteiger partial charge is 0.481 e. The number of rotatable bonds is 9. The smallest absolute Gasteiger partial charge is 0.328 e. The third kappa shape index (κ3) is 8.07. The fourth-order valence-electron chi connectivity index (χ4n) is 2.26. The van der Waals surface area contributed by atoms with Crippen molar-refractivity contribution in [1.29, 1.82) is 0 Å². The first-order chi connectivity index (χ1) is 13.0. The van der Waals surface area contributed by atoms with Crippen LogP contribution in [0.15, 0.2) is 24.3 Å². The van der Waals surface area contributed by atoms with Crippen molar-refractivity contribution in [3.8, 4) is 0 Å². The molecule has 0 aliphatic rings. The van der Waals surface area contributed by atoms with Crippen LogP contribution in [-0.4, -0.2) is 47.2 Å². The van der Waals surface area contributed by atoms with E-state index >= 15 is 0 Å². The third-order valence-corrected chi connectivity index (χ3v) is 3.81. The molecule has 1 atom stereocenters. The number of carboxylic acid groups (broad SMARTS) is 1. The fourth-order valence-corrected chi connectivity index (χ4v) is 2.26. The Balaban J connectivity index is 2.60. The second kappa shape index (κ2) is 10.3. The average Bonchev–Trinajstić information content (AvgIpc) is 2.60. The van der Waals surface area contributed by atoms with Crippen molar-refractivity contribution in [1.82, 2.24) is 10.6 Å². The summed E-state index contributed by atoms with van der Waals surface area (Å²) in [6.45, 7) is 6.90. The van der Waals surface area contributed by atoms with Gasteiger partial charge in [0.1, 0.15) is 6.04 Å². The molecule has 9 heteroatoms. The summed E-state index contributed by atoms with van der Waals surface area (Å²) in [5.41, 5.74) is 0.0938. The summed E-state index contributed by atoms with van der Waals surface area (Å²) >= 11 is 0. The van der Waals surface area contributed by atoms with Crippen molar-refractivity contribution in [3.63, 3.8) is 0 Å². The van der Waals surface area contributed by atoms with Crippen LogP contribution in [0, 0.1) is 0 Å². The molecule has 0 aromatic heterocycles. The van der Waals surface area contributed by atoms with Crippen LogP contribution in [0.2, 0.25) is 0 Å². The van der Waals surface area contributed by atoms with Crippen LogP contribution in [0.5, 0.6) is 0 Å². The zero-order chi connectivity index (χ0) is 21.3. The number of ether oxygens (including phenoxy) is 1. The number of hydrogen-bond donors (Lipinski definition) is 4. The molecule has 0 aliphatic heterocycles. The normalized spacial score (nSPS) is 11.9. The standard InChI is InChI=1S/C19H27N3O6/c1-5-28-17(26)12(2)20-16(25)13-6-8-14(9-7-13)21-18(27)22-19(3,4)11-10-15(23)24/h6-9,12H,5,10-11H2,1-4H3,(H,20,25)(H,23,24)(H2,21,22,27). The zero-order valence-corrected chi connectivity index (χ0v) is 16.5. The van der Waals surface area contributed by atoms with Crippen molar-refractivity contribution in [2.24, 2.45) is 0 Å². The fraction of sp³-hybridized carbons (Fsp3) is 0.474. The summed E-state index contributed by atoms with van der Waals surface area (Å²) in [5.74, 6) is -1.89. The van der Waals surface area contributed by atoms with Gasteiger partial charge in [0.2, 0.25) is 0 Å². The van der Waals surface area contributed by atoms with E-state index in [1.165, 1.54) is 19.1 Å². The maximum absolute atomic E-state index is 12.1. The highest BCUT2D eigenvalue weighted by Crippen LogP contribution is 2.13. The first-order valence-electron chi connectivity index (χ1n) is 8.92. The molecule has 0 fully saturated rings. The number of esters is 1. The minimum Gasteiger partial charge on any atom is -0.481 e. The van der Waals surface area contributed by atoms with E-state index in [0.29, 0.717) is 11.3 Å². The lowest BCUT2D eigenvalue weighted by atomic mass is 9.99. The Morgan fingerprint density at radius 3 is 2.29 bits per heavy atom. The molecule has 1 aromatic rings. The molecule has 0 radical (unpaired) electrons. The summed E-state index contributed by atoms with van der Waals surface area (Å²) in [7, 11) is 0. The molecule has 0 saturated heterocycles. The quantitative estimate of drug-likeness (QED) is 0.475. The molecule has 4 N–H and O–H groups in total. The topological polar surface area (TPSA) is 134 Å². The number of amides is 3. The SMILES string of the molecule is CCOC(=O)C(C)NC(=O)c1ccc(NC(=O)NC(C)(C)CCC(=O)O)cc1. The van der Waals surface area contributed by atoms with Crippen LogP contribution in [0.25, 0.3) is 0 Å². The molecule has 1 rings (SSSR count). The van der Waals surface area contributed by atoms with Gasteiger partial charge in [-0.25, -0.2) is 9.59 Å². The van der Waals surface area contributed by atoms with Crippen LogP contribution in [0.4, 0.5) is 10.5 Å². The Morgan fingerprint density at radius 1 is 1.14 bits per heavy atom. The summed E-state index contributed by atoms with van der Waals surface area (Å²) in [6.07, 6.45) is 0.231. The predicted octanol–water partition coefficient (Wildman–Crippen LogP) is 2.13. The van der Waals surface area contributed by atoms with E-state index in [0.717, 1.165) is 0 Å². The molecule has 1 unspecified atom stereocenters. The van der Waals surface area contributed by atoms with E-state index in [-0.39, 0.29) is 19.4 Å². The van der Waals surface area contributed by atoms with E-state index in [4.69, 9.17) is 9.84 Å². The van der Waals surface area contributed by atoms with Crippen LogP contribution >= 0.6 is 0 Å². The molecule has 0 bridgehead atoms. The summed E-state index contributed by atoms with van der Waals surface area (Å²) in [6, 6.07) is 4.87. The van der Waals surface area contributed by atoms with E-state index in [9.17, 15) is 19.2 Å². The Kier molecular flexibility index (Phi) is 8.43. The lowest BCUT2D eigenvalue weighted by molar-refractivity contribution is -0.145. The molecular weight excluding hydrogens is 366 g/mol. The maximum atomic E-state index is 12.1. The van der Waals surface area contributed by atoms with Crippen molar-refractivity contribution in [2.75, 3.05) is 11.9 Å². The monoisotopic (exact) mass is 393 g/mol. The van der Waals surface area contributed by atoms with Crippen LogP contribution < -0.4 is 16.0 Å². The maximum Gasteiger partial charge on any atom is 0.328 e. The third-order valence-electron chi connectivity index (χ3n) is 3.81. The summed E-state index contributed by atoms with van der Waals surface area (Å²) in [5, 5.41) is 16.6. The minimum absolute atomic E-state index is 0.0543. The summed E-state index contributed by atoms with van der Waals surface area (Å²) < 4.78 is 4.83.